The maximum Gasteiger partial charge on any atom is 0.271 e. The van der Waals surface area contributed by atoms with Crippen LogP contribution in [0.1, 0.15) is 10.4 Å². The fourth-order valence-corrected chi connectivity index (χ4v) is 2.12. The molecule has 0 aliphatic heterocycles. The molecular formula is C12H6BrCl2N3O3. The van der Waals surface area contributed by atoms with E-state index in [-0.39, 0.29) is 27.1 Å². The number of nitrogens with zero attached hydrogens (tertiary/aromatic N) is 2. The van der Waals surface area contributed by atoms with E-state index in [0.717, 1.165) is 16.6 Å². The molecule has 0 saturated heterocycles. The minimum atomic E-state index is -0.656. The van der Waals surface area contributed by atoms with E-state index >= 15 is 0 Å². The highest BCUT2D eigenvalue weighted by Crippen LogP contribution is 2.31. The largest absolute Gasteiger partial charge is 0.307 e. The number of carbonyl (C=O) groups excluding carboxylic acids is 1. The van der Waals surface area contributed by atoms with Crippen LogP contribution in [0, 0.1) is 10.1 Å². The van der Waals surface area contributed by atoms with E-state index < -0.39 is 10.8 Å². The van der Waals surface area contributed by atoms with Gasteiger partial charge in [0, 0.05) is 22.8 Å². The van der Waals surface area contributed by atoms with E-state index in [4.69, 9.17) is 23.2 Å². The summed E-state index contributed by atoms with van der Waals surface area (Å²) in [5.74, 6) is -0.359. The number of nitro benzene ring substituents is 1. The van der Waals surface area contributed by atoms with Crippen LogP contribution >= 0.6 is 39.1 Å². The number of pyridine rings is 1. The van der Waals surface area contributed by atoms with Gasteiger partial charge in [0.2, 0.25) is 0 Å². The molecule has 0 unspecified atom stereocenters. The molecule has 2 rings (SSSR count). The molecule has 108 valence electrons. The van der Waals surface area contributed by atoms with Gasteiger partial charge in [0.15, 0.2) is 0 Å². The maximum atomic E-state index is 12.1. The average Bonchev–Trinajstić information content (AvgIpc) is 2.43. The molecule has 2 aromatic rings. The lowest BCUT2D eigenvalue weighted by atomic mass is 10.2. The number of non-ortho nitro benzene ring substituents is 1. The molecule has 1 aromatic carbocycles. The highest BCUT2D eigenvalue weighted by Gasteiger charge is 2.19. The third-order valence-electron chi connectivity index (χ3n) is 2.44. The van der Waals surface area contributed by atoms with Gasteiger partial charge < -0.3 is 5.32 Å². The summed E-state index contributed by atoms with van der Waals surface area (Å²) in [4.78, 5) is 26.2. The van der Waals surface area contributed by atoms with Crippen molar-refractivity contribution in [1.82, 2.24) is 4.98 Å². The first-order valence-electron chi connectivity index (χ1n) is 5.45. The fraction of sp³-hybridized carbons (Fsp3) is 0. The Morgan fingerprint density at radius 1 is 1.33 bits per heavy atom. The summed E-state index contributed by atoms with van der Waals surface area (Å²) in [5.41, 5.74) is -0.418. The number of benzene rings is 1. The molecule has 0 spiro atoms. The number of nitro groups is 1. The zero-order chi connectivity index (χ0) is 15.6. The third-order valence-corrected chi connectivity index (χ3v) is 3.71. The van der Waals surface area contributed by atoms with Gasteiger partial charge in [-0.15, -0.1) is 0 Å². The monoisotopic (exact) mass is 389 g/mol. The number of amides is 1. The van der Waals surface area contributed by atoms with Gasteiger partial charge in [0.1, 0.15) is 5.82 Å². The van der Waals surface area contributed by atoms with Crippen LogP contribution in [0.25, 0.3) is 0 Å². The Kier molecular flexibility index (Phi) is 4.76. The summed E-state index contributed by atoms with van der Waals surface area (Å²) >= 11 is 14.9. The van der Waals surface area contributed by atoms with Crippen LogP contribution in [0.3, 0.4) is 0 Å². The second-order valence-electron chi connectivity index (χ2n) is 3.86. The standard InChI is InChI=1S/C12H6BrCl2N3O3/c13-6-1-2-10(16-5-6)17-12(19)8-3-7(18(20)21)4-9(14)11(8)15/h1-5H,(H,16,17,19). The first-order valence-corrected chi connectivity index (χ1v) is 6.99. The zero-order valence-corrected chi connectivity index (χ0v) is 13.2. The van der Waals surface area contributed by atoms with Crippen molar-refractivity contribution >= 4 is 56.5 Å². The number of rotatable bonds is 3. The molecule has 1 amide bonds. The van der Waals surface area contributed by atoms with Gasteiger partial charge in [-0.1, -0.05) is 23.2 Å². The van der Waals surface area contributed by atoms with Crippen LogP contribution < -0.4 is 5.32 Å². The first kappa shape index (κ1) is 15.7. The Balaban J connectivity index is 2.34. The van der Waals surface area contributed by atoms with Crippen molar-refractivity contribution in [3.63, 3.8) is 0 Å². The third kappa shape index (κ3) is 3.69. The molecule has 9 heteroatoms. The van der Waals surface area contributed by atoms with Crippen molar-refractivity contribution in [2.75, 3.05) is 5.32 Å². The Labute approximate surface area is 137 Å². The number of hydrogen-bond acceptors (Lipinski definition) is 4. The molecule has 1 N–H and O–H groups in total. The summed E-state index contributed by atoms with van der Waals surface area (Å²) < 4.78 is 0.747. The van der Waals surface area contributed by atoms with Gasteiger partial charge in [-0.05, 0) is 28.1 Å². The molecular weight excluding hydrogens is 385 g/mol. The van der Waals surface area contributed by atoms with E-state index in [1.54, 1.807) is 12.1 Å². The van der Waals surface area contributed by atoms with Gasteiger partial charge >= 0.3 is 0 Å². The number of hydrogen-bond donors (Lipinski definition) is 1. The van der Waals surface area contributed by atoms with E-state index in [1.165, 1.54) is 6.20 Å². The van der Waals surface area contributed by atoms with Gasteiger partial charge in [-0.2, -0.15) is 0 Å². The molecule has 1 aromatic heterocycles. The van der Waals surface area contributed by atoms with Crippen LogP contribution in [0.5, 0.6) is 0 Å². The van der Waals surface area contributed by atoms with Crippen LogP contribution in [-0.4, -0.2) is 15.8 Å². The molecule has 0 aliphatic carbocycles. The number of nitrogens with one attached hydrogen (secondary N) is 1. The minimum Gasteiger partial charge on any atom is -0.307 e. The molecule has 0 radical (unpaired) electrons. The maximum absolute atomic E-state index is 12.1. The number of carbonyl (C=O) groups is 1. The van der Waals surface area contributed by atoms with E-state index in [9.17, 15) is 14.9 Å². The second-order valence-corrected chi connectivity index (χ2v) is 5.56. The highest BCUT2D eigenvalue weighted by atomic mass is 79.9. The Morgan fingerprint density at radius 3 is 2.62 bits per heavy atom. The average molecular weight is 391 g/mol. The highest BCUT2D eigenvalue weighted by molar-refractivity contribution is 9.10. The number of anilines is 1. The molecule has 0 fully saturated rings. The summed E-state index contributed by atoms with van der Waals surface area (Å²) in [7, 11) is 0. The molecule has 1 heterocycles. The molecule has 0 aliphatic rings. The SMILES string of the molecule is O=C(Nc1ccc(Br)cn1)c1cc([N+](=O)[O-])cc(Cl)c1Cl. The van der Waals surface area contributed by atoms with Crippen LogP contribution in [0.15, 0.2) is 34.9 Å². The number of aromatic nitrogens is 1. The van der Waals surface area contributed by atoms with Crippen molar-refractivity contribution < 1.29 is 9.72 Å². The zero-order valence-electron chi connectivity index (χ0n) is 10.1. The molecule has 0 bridgehead atoms. The van der Waals surface area contributed by atoms with Gasteiger partial charge in [0.25, 0.3) is 11.6 Å². The first-order chi connectivity index (χ1) is 9.88. The van der Waals surface area contributed by atoms with E-state index in [0.29, 0.717) is 0 Å². The number of halogens is 3. The van der Waals surface area contributed by atoms with Crippen molar-refractivity contribution in [1.29, 1.82) is 0 Å². The fourth-order valence-electron chi connectivity index (χ4n) is 1.48. The van der Waals surface area contributed by atoms with Crippen molar-refractivity contribution in [2.24, 2.45) is 0 Å². The molecule has 0 saturated carbocycles. The second kappa shape index (κ2) is 6.38. The summed E-state index contributed by atoms with van der Waals surface area (Å²) in [6.07, 6.45) is 1.50. The van der Waals surface area contributed by atoms with Crippen molar-refractivity contribution in [2.45, 2.75) is 0 Å². The summed E-state index contributed by atoms with van der Waals surface area (Å²) in [6, 6.07) is 5.39. The quantitative estimate of drug-likeness (QED) is 0.624. The lowest BCUT2D eigenvalue weighted by molar-refractivity contribution is -0.384. The lowest BCUT2D eigenvalue weighted by Crippen LogP contribution is -2.14. The Bertz CT molecular complexity index is 722. The molecule has 6 nitrogen and oxygen atoms in total. The minimum absolute atomic E-state index is 0.0584. The Morgan fingerprint density at radius 2 is 2.05 bits per heavy atom. The predicted molar refractivity (Wildman–Crippen MR) is 83.0 cm³/mol. The predicted octanol–water partition coefficient (Wildman–Crippen LogP) is 4.31. The van der Waals surface area contributed by atoms with E-state index in [2.05, 4.69) is 26.2 Å². The molecule has 21 heavy (non-hydrogen) atoms. The Hall–Kier alpha value is -1.70. The lowest BCUT2D eigenvalue weighted by Gasteiger charge is -2.07. The smallest absolute Gasteiger partial charge is 0.271 e. The normalized spacial score (nSPS) is 10.2. The van der Waals surface area contributed by atoms with Gasteiger partial charge in [0.05, 0.1) is 20.5 Å². The molecule has 0 atom stereocenters. The van der Waals surface area contributed by atoms with Crippen LogP contribution in [0.4, 0.5) is 11.5 Å². The van der Waals surface area contributed by atoms with Gasteiger partial charge in [-0.3, -0.25) is 14.9 Å². The van der Waals surface area contributed by atoms with Crippen molar-refractivity contribution in [3.05, 3.63) is 60.7 Å². The summed E-state index contributed by atoms with van der Waals surface area (Å²) in [6.45, 7) is 0. The van der Waals surface area contributed by atoms with Crippen molar-refractivity contribution in [3.8, 4) is 0 Å². The van der Waals surface area contributed by atoms with Crippen LogP contribution in [-0.2, 0) is 0 Å². The van der Waals surface area contributed by atoms with Crippen LogP contribution in [0.2, 0.25) is 10.0 Å². The topological polar surface area (TPSA) is 85.1 Å². The summed E-state index contributed by atoms with van der Waals surface area (Å²) in [5, 5.41) is 13.1. The van der Waals surface area contributed by atoms with Gasteiger partial charge in [-0.25, -0.2) is 4.98 Å². The van der Waals surface area contributed by atoms with E-state index in [1.807, 2.05) is 0 Å².